The van der Waals surface area contributed by atoms with E-state index >= 15 is 0 Å². The van der Waals surface area contributed by atoms with Crippen molar-refractivity contribution >= 4 is 5.84 Å². The maximum absolute atomic E-state index is 9.42. The zero-order valence-corrected chi connectivity index (χ0v) is 9.11. The van der Waals surface area contributed by atoms with Crippen molar-refractivity contribution in [3.63, 3.8) is 0 Å². The van der Waals surface area contributed by atoms with Gasteiger partial charge in [0.25, 0.3) is 0 Å². The maximum Gasteiger partial charge on any atom is 0.123 e. The average Bonchev–Trinajstić information content (AvgIpc) is 2.59. The predicted molar refractivity (Wildman–Crippen MR) is 59.6 cm³/mol. The molecule has 1 aliphatic heterocycles. The summed E-state index contributed by atoms with van der Waals surface area (Å²) in [5.74, 6) is 1.02. The molecule has 1 aliphatic rings. The Morgan fingerprint density at radius 1 is 1.57 bits per heavy atom. The smallest absolute Gasteiger partial charge is 0.123 e. The molecule has 3 heteroatoms. The van der Waals surface area contributed by atoms with Crippen molar-refractivity contribution in [2.75, 3.05) is 19.6 Å². The Hall–Kier alpha value is -0.830. The quantitative estimate of drug-likeness (QED) is 0.547. The van der Waals surface area contributed by atoms with Gasteiger partial charge < -0.3 is 10.0 Å². The van der Waals surface area contributed by atoms with Gasteiger partial charge in [-0.1, -0.05) is 13.0 Å². The van der Waals surface area contributed by atoms with Crippen LogP contribution in [0.3, 0.4) is 0 Å². The van der Waals surface area contributed by atoms with Gasteiger partial charge in [0.15, 0.2) is 0 Å². The fourth-order valence-corrected chi connectivity index (χ4v) is 1.59. The summed E-state index contributed by atoms with van der Waals surface area (Å²) < 4.78 is 0. The van der Waals surface area contributed by atoms with E-state index in [0.717, 1.165) is 38.3 Å². The average molecular weight is 196 g/mol. The molecule has 1 N–H and O–H groups in total. The first-order chi connectivity index (χ1) is 6.77. The minimum Gasteiger partial charge on any atom is -0.391 e. The van der Waals surface area contributed by atoms with E-state index in [0.29, 0.717) is 0 Å². The monoisotopic (exact) mass is 196 g/mol. The van der Waals surface area contributed by atoms with Crippen LogP contribution in [0.25, 0.3) is 0 Å². The third-order valence-corrected chi connectivity index (χ3v) is 2.31. The Morgan fingerprint density at radius 3 is 2.86 bits per heavy atom. The Morgan fingerprint density at radius 2 is 2.36 bits per heavy atom. The summed E-state index contributed by atoms with van der Waals surface area (Å²) in [7, 11) is 0. The van der Waals surface area contributed by atoms with Crippen molar-refractivity contribution in [3.05, 3.63) is 12.2 Å². The summed E-state index contributed by atoms with van der Waals surface area (Å²) in [6.07, 6.45) is 5.88. The van der Waals surface area contributed by atoms with Crippen molar-refractivity contribution < 1.29 is 5.11 Å². The zero-order chi connectivity index (χ0) is 10.4. The number of likely N-dealkylation sites (tertiary alicyclic amines) is 1. The lowest BCUT2D eigenvalue weighted by atomic mass is 10.3. The molecular formula is C11H20N2O. The van der Waals surface area contributed by atoms with Gasteiger partial charge in [-0.2, -0.15) is 0 Å². The summed E-state index contributed by atoms with van der Waals surface area (Å²) in [6, 6.07) is 0. The molecule has 1 unspecified atom stereocenters. The van der Waals surface area contributed by atoms with Gasteiger partial charge in [0, 0.05) is 19.6 Å². The van der Waals surface area contributed by atoms with Crippen LogP contribution in [-0.2, 0) is 0 Å². The Labute approximate surface area is 86.1 Å². The van der Waals surface area contributed by atoms with Crippen LogP contribution in [-0.4, -0.2) is 41.6 Å². The molecule has 80 valence electrons. The molecule has 3 nitrogen and oxygen atoms in total. The second-order valence-corrected chi connectivity index (χ2v) is 3.53. The third-order valence-electron chi connectivity index (χ3n) is 2.31. The number of hydrogen-bond acceptors (Lipinski definition) is 2. The SMILES string of the molecule is CC/C=C\C(=NCC)N1CCC(O)C1. The van der Waals surface area contributed by atoms with Crippen LogP contribution in [0.15, 0.2) is 17.1 Å². The minimum atomic E-state index is -0.174. The van der Waals surface area contributed by atoms with Gasteiger partial charge in [-0.25, -0.2) is 0 Å². The minimum absolute atomic E-state index is 0.174. The number of allylic oxidation sites excluding steroid dienone is 1. The molecule has 1 rings (SSSR count). The summed E-state index contributed by atoms with van der Waals surface area (Å²) in [5.41, 5.74) is 0. The first kappa shape index (κ1) is 11.2. The number of aliphatic hydroxyl groups is 1. The van der Waals surface area contributed by atoms with Gasteiger partial charge in [0.05, 0.1) is 6.10 Å². The molecule has 0 bridgehead atoms. The normalized spacial score (nSPS) is 23.8. The van der Waals surface area contributed by atoms with Crippen LogP contribution >= 0.6 is 0 Å². The zero-order valence-electron chi connectivity index (χ0n) is 9.11. The molecule has 0 aromatic rings. The highest BCUT2D eigenvalue weighted by molar-refractivity contribution is 5.93. The van der Waals surface area contributed by atoms with E-state index in [-0.39, 0.29) is 6.10 Å². The van der Waals surface area contributed by atoms with E-state index < -0.39 is 0 Å². The molecule has 0 amide bonds. The number of nitrogens with zero attached hydrogens (tertiary/aromatic N) is 2. The van der Waals surface area contributed by atoms with E-state index in [1.807, 2.05) is 6.92 Å². The lowest BCUT2D eigenvalue weighted by molar-refractivity contribution is 0.188. The molecule has 1 saturated heterocycles. The summed E-state index contributed by atoms with van der Waals surface area (Å²) in [6.45, 7) is 6.60. The lowest BCUT2D eigenvalue weighted by Crippen LogP contribution is -2.28. The highest BCUT2D eigenvalue weighted by Crippen LogP contribution is 2.10. The number of rotatable bonds is 3. The van der Waals surface area contributed by atoms with Gasteiger partial charge in [0.2, 0.25) is 0 Å². The Kier molecular flexibility index (Phi) is 4.66. The molecule has 14 heavy (non-hydrogen) atoms. The largest absolute Gasteiger partial charge is 0.391 e. The van der Waals surface area contributed by atoms with Crippen molar-refractivity contribution in [2.24, 2.45) is 4.99 Å². The van der Waals surface area contributed by atoms with E-state index in [1.165, 1.54) is 0 Å². The topological polar surface area (TPSA) is 35.8 Å². The fourth-order valence-electron chi connectivity index (χ4n) is 1.59. The van der Waals surface area contributed by atoms with Gasteiger partial charge in [-0.15, -0.1) is 0 Å². The van der Waals surface area contributed by atoms with Crippen LogP contribution in [0, 0.1) is 0 Å². The molecule has 1 heterocycles. The Bertz CT molecular complexity index is 223. The molecule has 0 spiro atoms. The second-order valence-electron chi connectivity index (χ2n) is 3.53. The van der Waals surface area contributed by atoms with E-state index in [4.69, 9.17) is 0 Å². The summed E-state index contributed by atoms with van der Waals surface area (Å²) in [4.78, 5) is 6.58. The van der Waals surface area contributed by atoms with E-state index in [1.54, 1.807) is 0 Å². The highest BCUT2D eigenvalue weighted by atomic mass is 16.3. The molecule has 1 atom stereocenters. The van der Waals surface area contributed by atoms with Crippen LogP contribution < -0.4 is 0 Å². The standard InChI is InChI=1S/C11H20N2O/c1-3-5-6-11(12-4-2)13-8-7-10(14)9-13/h5-6,10,14H,3-4,7-9H2,1-2H3/b6-5-,12-11?. The second kappa shape index (κ2) is 5.81. The van der Waals surface area contributed by atoms with Crippen LogP contribution in [0.1, 0.15) is 26.7 Å². The fraction of sp³-hybridized carbons (Fsp3) is 0.727. The Balaban J connectivity index is 2.59. The van der Waals surface area contributed by atoms with E-state index in [9.17, 15) is 5.11 Å². The third kappa shape index (κ3) is 3.14. The van der Waals surface area contributed by atoms with Gasteiger partial charge in [0.1, 0.15) is 5.84 Å². The van der Waals surface area contributed by atoms with Gasteiger partial charge in [-0.3, -0.25) is 4.99 Å². The molecule has 0 radical (unpaired) electrons. The number of β-amino-alcohol motifs (C(OH)–C–C–N with tert-alkyl or cyclic N) is 1. The molecular weight excluding hydrogens is 176 g/mol. The number of amidine groups is 1. The predicted octanol–water partition coefficient (Wildman–Crippen LogP) is 1.44. The number of aliphatic hydroxyl groups excluding tert-OH is 1. The van der Waals surface area contributed by atoms with Crippen molar-refractivity contribution in [1.82, 2.24) is 4.90 Å². The number of hydrogen-bond donors (Lipinski definition) is 1. The highest BCUT2D eigenvalue weighted by Gasteiger charge is 2.21. The van der Waals surface area contributed by atoms with Crippen LogP contribution in [0.5, 0.6) is 0 Å². The summed E-state index contributed by atoms with van der Waals surface area (Å²) >= 11 is 0. The van der Waals surface area contributed by atoms with Crippen molar-refractivity contribution in [3.8, 4) is 0 Å². The molecule has 0 saturated carbocycles. The molecule has 0 aliphatic carbocycles. The number of aliphatic imine (C=N–C) groups is 1. The van der Waals surface area contributed by atoms with Crippen LogP contribution in [0.4, 0.5) is 0 Å². The summed E-state index contributed by atoms with van der Waals surface area (Å²) in [5, 5.41) is 9.42. The molecule has 0 aromatic carbocycles. The first-order valence-electron chi connectivity index (χ1n) is 5.42. The van der Waals surface area contributed by atoms with Crippen molar-refractivity contribution in [1.29, 1.82) is 0 Å². The van der Waals surface area contributed by atoms with Gasteiger partial charge >= 0.3 is 0 Å². The van der Waals surface area contributed by atoms with Crippen LogP contribution in [0.2, 0.25) is 0 Å². The van der Waals surface area contributed by atoms with Crippen molar-refractivity contribution in [2.45, 2.75) is 32.8 Å². The first-order valence-corrected chi connectivity index (χ1v) is 5.42. The molecule has 1 fully saturated rings. The maximum atomic E-state index is 9.42. The van der Waals surface area contributed by atoms with E-state index in [2.05, 4.69) is 29.0 Å². The molecule has 0 aromatic heterocycles. The lowest BCUT2D eigenvalue weighted by Gasteiger charge is -2.17. The van der Waals surface area contributed by atoms with Gasteiger partial charge in [-0.05, 0) is 25.8 Å².